The Morgan fingerprint density at radius 2 is 1.82 bits per heavy atom. The van der Waals surface area contributed by atoms with Crippen molar-refractivity contribution in [2.24, 2.45) is 5.92 Å². The molecule has 0 bridgehead atoms. The molecule has 0 aliphatic carbocycles. The topological polar surface area (TPSA) is 70.6 Å². The summed E-state index contributed by atoms with van der Waals surface area (Å²) in [7, 11) is 0. The van der Waals surface area contributed by atoms with E-state index >= 15 is 0 Å². The maximum atomic E-state index is 12.0. The Morgan fingerprint density at radius 3 is 2.32 bits per heavy atom. The van der Waals surface area contributed by atoms with Crippen LogP contribution in [0, 0.1) is 5.92 Å². The van der Waals surface area contributed by atoms with Crippen LogP contribution in [0.2, 0.25) is 0 Å². The molecule has 0 saturated carbocycles. The molecule has 2 unspecified atom stereocenters. The van der Waals surface area contributed by atoms with Crippen LogP contribution in [0.25, 0.3) is 0 Å². The van der Waals surface area contributed by atoms with Gasteiger partial charge in [-0.15, -0.1) is 0 Å². The van der Waals surface area contributed by atoms with Crippen molar-refractivity contribution in [1.82, 2.24) is 10.6 Å². The van der Waals surface area contributed by atoms with Gasteiger partial charge >= 0.3 is 12.6 Å². The van der Waals surface area contributed by atoms with Crippen LogP contribution in [0.3, 0.4) is 0 Å². The zero-order valence-corrected chi connectivity index (χ0v) is 12.8. The maximum Gasteiger partial charge on any atom is 0.387 e. The third kappa shape index (κ3) is 6.26. The largest absolute Gasteiger partial charge is 0.435 e. The normalized spacial score (nSPS) is 13.8. The Hall–Kier alpha value is -1.89. The van der Waals surface area contributed by atoms with Gasteiger partial charge in [0.1, 0.15) is 5.75 Å². The SMILES string of the molecule is CC(C)C(C)NC(=O)NCC(O)c1ccc(OC(F)F)cc1. The van der Waals surface area contributed by atoms with Crippen molar-refractivity contribution in [2.45, 2.75) is 39.5 Å². The number of amides is 2. The summed E-state index contributed by atoms with van der Waals surface area (Å²) in [6, 6.07) is 5.27. The van der Waals surface area contributed by atoms with Gasteiger partial charge in [0.05, 0.1) is 6.10 Å². The molecule has 0 heterocycles. The third-order valence-electron chi connectivity index (χ3n) is 3.30. The van der Waals surface area contributed by atoms with Crippen LogP contribution in [-0.2, 0) is 0 Å². The van der Waals surface area contributed by atoms with Crippen molar-refractivity contribution >= 4 is 6.03 Å². The van der Waals surface area contributed by atoms with Crippen molar-refractivity contribution in [2.75, 3.05) is 6.54 Å². The van der Waals surface area contributed by atoms with E-state index in [2.05, 4.69) is 15.4 Å². The van der Waals surface area contributed by atoms with E-state index in [0.29, 0.717) is 11.5 Å². The first-order valence-corrected chi connectivity index (χ1v) is 7.06. The molecular weight excluding hydrogens is 294 g/mol. The Balaban J connectivity index is 2.45. The highest BCUT2D eigenvalue weighted by molar-refractivity contribution is 5.74. The molecule has 2 amide bonds. The van der Waals surface area contributed by atoms with E-state index in [1.807, 2.05) is 20.8 Å². The molecule has 0 saturated heterocycles. The lowest BCUT2D eigenvalue weighted by Gasteiger charge is -2.19. The highest BCUT2D eigenvalue weighted by atomic mass is 19.3. The van der Waals surface area contributed by atoms with E-state index in [9.17, 15) is 18.7 Å². The Morgan fingerprint density at radius 1 is 1.23 bits per heavy atom. The molecule has 0 aliphatic heterocycles. The zero-order chi connectivity index (χ0) is 16.7. The number of rotatable bonds is 7. The van der Waals surface area contributed by atoms with Crippen LogP contribution in [-0.4, -0.2) is 30.3 Å². The first kappa shape index (κ1) is 18.2. The molecule has 3 N–H and O–H groups in total. The van der Waals surface area contributed by atoms with E-state index in [1.165, 1.54) is 24.3 Å². The number of hydrogen-bond acceptors (Lipinski definition) is 3. The van der Waals surface area contributed by atoms with Gasteiger partial charge in [-0.2, -0.15) is 8.78 Å². The fraction of sp³-hybridized carbons (Fsp3) is 0.533. The second-order valence-electron chi connectivity index (χ2n) is 5.35. The van der Waals surface area contributed by atoms with Crippen molar-refractivity contribution in [3.05, 3.63) is 29.8 Å². The van der Waals surface area contributed by atoms with Gasteiger partial charge in [-0.3, -0.25) is 0 Å². The number of halogens is 2. The van der Waals surface area contributed by atoms with Gasteiger partial charge in [0, 0.05) is 12.6 Å². The fourth-order valence-corrected chi connectivity index (χ4v) is 1.60. The summed E-state index contributed by atoms with van der Waals surface area (Å²) in [6.07, 6.45) is -0.930. The number of alkyl halides is 2. The van der Waals surface area contributed by atoms with Crippen LogP contribution in [0.4, 0.5) is 13.6 Å². The monoisotopic (exact) mass is 316 g/mol. The van der Waals surface area contributed by atoms with E-state index in [4.69, 9.17) is 0 Å². The van der Waals surface area contributed by atoms with Gasteiger partial charge in [0.2, 0.25) is 0 Å². The fourth-order valence-electron chi connectivity index (χ4n) is 1.60. The highest BCUT2D eigenvalue weighted by Gasteiger charge is 2.13. The second-order valence-corrected chi connectivity index (χ2v) is 5.35. The Bertz CT molecular complexity index is 466. The first-order valence-electron chi connectivity index (χ1n) is 7.06. The average molecular weight is 316 g/mol. The Labute approximate surface area is 128 Å². The number of carbonyl (C=O) groups is 1. The van der Waals surface area contributed by atoms with Crippen molar-refractivity contribution < 1.29 is 23.4 Å². The van der Waals surface area contributed by atoms with E-state index in [0.717, 1.165) is 0 Å². The van der Waals surface area contributed by atoms with Crippen LogP contribution >= 0.6 is 0 Å². The van der Waals surface area contributed by atoms with Crippen LogP contribution in [0.5, 0.6) is 5.75 Å². The van der Waals surface area contributed by atoms with Crippen LogP contribution < -0.4 is 15.4 Å². The lowest BCUT2D eigenvalue weighted by molar-refractivity contribution is -0.0498. The molecule has 1 aromatic rings. The zero-order valence-electron chi connectivity index (χ0n) is 12.8. The highest BCUT2D eigenvalue weighted by Crippen LogP contribution is 2.18. The molecule has 0 aromatic heterocycles. The minimum Gasteiger partial charge on any atom is -0.435 e. The molecule has 0 aliphatic rings. The smallest absolute Gasteiger partial charge is 0.387 e. The number of benzene rings is 1. The van der Waals surface area contributed by atoms with E-state index < -0.39 is 12.7 Å². The van der Waals surface area contributed by atoms with Crippen LogP contribution in [0.1, 0.15) is 32.4 Å². The summed E-state index contributed by atoms with van der Waals surface area (Å²) in [5.74, 6) is 0.320. The van der Waals surface area contributed by atoms with Crippen molar-refractivity contribution in [3.8, 4) is 5.75 Å². The predicted molar refractivity (Wildman–Crippen MR) is 78.9 cm³/mol. The number of urea groups is 1. The predicted octanol–water partition coefficient (Wildman–Crippen LogP) is 2.67. The van der Waals surface area contributed by atoms with Crippen LogP contribution in [0.15, 0.2) is 24.3 Å². The number of aliphatic hydroxyl groups excluding tert-OH is 1. The molecule has 1 rings (SSSR count). The average Bonchev–Trinajstić information content (AvgIpc) is 2.44. The molecule has 0 radical (unpaired) electrons. The number of aliphatic hydroxyl groups is 1. The van der Waals surface area contributed by atoms with E-state index in [-0.39, 0.29) is 24.4 Å². The summed E-state index contributed by atoms with van der Waals surface area (Å²) in [6.45, 7) is 3.00. The number of nitrogens with one attached hydrogen (secondary N) is 2. The molecule has 1 aromatic carbocycles. The molecule has 7 heteroatoms. The van der Waals surface area contributed by atoms with Gasteiger partial charge in [-0.05, 0) is 30.5 Å². The minimum atomic E-state index is -2.89. The summed E-state index contributed by atoms with van der Waals surface area (Å²) < 4.78 is 28.3. The van der Waals surface area contributed by atoms with Gasteiger partial charge in [-0.1, -0.05) is 26.0 Å². The second kappa shape index (κ2) is 8.53. The summed E-state index contributed by atoms with van der Waals surface area (Å²) in [5.41, 5.74) is 0.499. The summed E-state index contributed by atoms with van der Waals surface area (Å²) in [5, 5.41) is 15.3. The number of hydrogen-bond donors (Lipinski definition) is 3. The first-order chi connectivity index (χ1) is 10.3. The Kier molecular flexibility index (Phi) is 7.04. The van der Waals surface area contributed by atoms with Crippen molar-refractivity contribution in [1.29, 1.82) is 0 Å². The quantitative estimate of drug-likeness (QED) is 0.724. The van der Waals surface area contributed by atoms with Gasteiger partial charge in [0.15, 0.2) is 0 Å². The molecule has 2 atom stereocenters. The van der Waals surface area contributed by atoms with Gasteiger partial charge in [0.25, 0.3) is 0 Å². The van der Waals surface area contributed by atoms with Gasteiger partial charge in [-0.25, -0.2) is 4.79 Å². The molecule has 124 valence electrons. The maximum absolute atomic E-state index is 12.0. The molecule has 22 heavy (non-hydrogen) atoms. The van der Waals surface area contributed by atoms with E-state index in [1.54, 1.807) is 0 Å². The molecule has 0 spiro atoms. The van der Waals surface area contributed by atoms with Crippen molar-refractivity contribution in [3.63, 3.8) is 0 Å². The minimum absolute atomic E-state index is 0.0161. The van der Waals surface area contributed by atoms with Gasteiger partial charge < -0.3 is 20.5 Å². The lowest BCUT2D eigenvalue weighted by atomic mass is 10.1. The number of ether oxygens (including phenoxy) is 1. The molecule has 5 nitrogen and oxygen atoms in total. The molecular formula is C15H22F2N2O3. The summed E-state index contributed by atoms with van der Waals surface area (Å²) >= 11 is 0. The standard InChI is InChI=1S/C15H22F2N2O3/c1-9(2)10(3)19-15(21)18-8-13(20)11-4-6-12(7-5-11)22-14(16)17/h4-7,9-10,13-14,20H,8H2,1-3H3,(H2,18,19,21). The lowest BCUT2D eigenvalue weighted by Crippen LogP contribution is -2.44. The number of carbonyl (C=O) groups excluding carboxylic acids is 1. The summed E-state index contributed by atoms with van der Waals surface area (Å²) in [4.78, 5) is 11.6. The molecule has 0 fully saturated rings. The third-order valence-corrected chi connectivity index (χ3v) is 3.30.